The lowest BCUT2D eigenvalue weighted by Crippen LogP contribution is -2.13. The Morgan fingerprint density at radius 1 is 1.12 bits per heavy atom. The van der Waals surface area contributed by atoms with E-state index in [1.165, 1.54) is 6.08 Å². The fourth-order valence-corrected chi connectivity index (χ4v) is 4.52. The second-order valence-electron chi connectivity index (χ2n) is 6.96. The van der Waals surface area contributed by atoms with Crippen molar-refractivity contribution in [3.05, 3.63) is 96.4 Å². The van der Waals surface area contributed by atoms with Gasteiger partial charge in [0, 0.05) is 16.3 Å². The van der Waals surface area contributed by atoms with Gasteiger partial charge in [0.05, 0.1) is 20.6 Å². The number of hydrogen-bond donors (Lipinski definition) is 1. The number of carbonyl (C=O) groups excluding carboxylic acids is 1. The molecule has 0 aliphatic rings. The van der Waals surface area contributed by atoms with Crippen LogP contribution in [0, 0.1) is 29.6 Å². The first-order chi connectivity index (χ1) is 15.8. The van der Waals surface area contributed by atoms with Crippen LogP contribution in [0.5, 0.6) is 5.75 Å². The molecule has 0 aliphatic heterocycles. The molecule has 0 saturated carbocycles. The SMILES string of the molecule is Cc1ccc(NC(=O)/C(C#N)=C\c2cc(Br)c(OCc3ccccc3C#N)c(Br)c2)cc1Cl. The van der Waals surface area contributed by atoms with E-state index in [0.717, 1.165) is 11.1 Å². The number of carbonyl (C=O) groups is 1. The van der Waals surface area contributed by atoms with Crippen LogP contribution < -0.4 is 10.1 Å². The smallest absolute Gasteiger partial charge is 0.266 e. The number of nitriles is 2. The van der Waals surface area contributed by atoms with Crippen molar-refractivity contribution in [3.8, 4) is 17.9 Å². The maximum absolute atomic E-state index is 12.6. The Hall–Kier alpha value is -3.10. The minimum atomic E-state index is -0.543. The first-order valence-electron chi connectivity index (χ1n) is 9.61. The van der Waals surface area contributed by atoms with E-state index in [1.807, 2.05) is 25.1 Å². The van der Waals surface area contributed by atoms with Crippen LogP contribution in [-0.2, 0) is 11.4 Å². The largest absolute Gasteiger partial charge is 0.486 e. The summed E-state index contributed by atoms with van der Waals surface area (Å²) >= 11 is 13.1. The standard InChI is InChI=1S/C25H16Br2ClN3O2/c1-15-6-7-20(11-23(15)28)31-25(32)19(13-30)8-16-9-21(26)24(22(27)10-16)33-14-18-5-3-2-4-17(18)12-29/h2-11H,14H2,1H3,(H,31,32)/b19-8-. The van der Waals surface area contributed by atoms with Gasteiger partial charge in [0.15, 0.2) is 0 Å². The Morgan fingerprint density at radius 3 is 2.45 bits per heavy atom. The third-order valence-corrected chi connectivity index (χ3v) is 6.22. The van der Waals surface area contributed by atoms with Crippen LogP contribution in [-0.4, -0.2) is 5.91 Å². The van der Waals surface area contributed by atoms with Crippen molar-refractivity contribution in [3.63, 3.8) is 0 Å². The number of anilines is 1. The van der Waals surface area contributed by atoms with Crippen molar-refractivity contribution in [1.29, 1.82) is 10.5 Å². The summed E-state index contributed by atoms with van der Waals surface area (Å²) in [4.78, 5) is 12.6. The highest BCUT2D eigenvalue weighted by molar-refractivity contribution is 9.11. The predicted octanol–water partition coefficient (Wildman–Crippen LogP) is 7.17. The molecule has 3 rings (SSSR count). The van der Waals surface area contributed by atoms with E-state index >= 15 is 0 Å². The van der Waals surface area contributed by atoms with Gasteiger partial charge in [-0.1, -0.05) is 35.9 Å². The summed E-state index contributed by atoms with van der Waals surface area (Å²) in [7, 11) is 0. The number of nitrogens with one attached hydrogen (secondary N) is 1. The fourth-order valence-electron chi connectivity index (χ4n) is 2.89. The zero-order chi connectivity index (χ0) is 24.0. The highest BCUT2D eigenvalue weighted by atomic mass is 79.9. The van der Waals surface area contributed by atoms with E-state index in [9.17, 15) is 15.3 Å². The van der Waals surface area contributed by atoms with Gasteiger partial charge in [0.1, 0.15) is 24.0 Å². The lowest BCUT2D eigenvalue weighted by atomic mass is 10.1. The summed E-state index contributed by atoms with van der Waals surface area (Å²) in [6.45, 7) is 2.07. The molecule has 0 unspecified atom stereocenters. The topological polar surface area (TPSA) is 85.9 Å². The zero-order valence-corrected chi connectivity index (χ0v) is 21.3. The predicted molar refractivity (Wildman–Crippen MR) is 136 cm³/mol. The highest BCUT2D eigenvalue weighted by Crippen LogP contribution is 2.36. The van der Waals surface area contributed by atoms with E-state index in [0.29, 0.717) is 36.5 Å². The van der Waals surface area contributed by atoms with Crippen molar-refractivity contribution in [2.24, 2.45) is 0 Å². The van der Waals surface area contributed by atoms with Crippen LogP contribution in [0.2, 0.25) is 5.02 Å². The van der Waals surface area contributed by atoms with Crippen LogP contribution in [0.4, 0.5) is 5.69 Å². The molecule has 1 amide bonds. The maximum Gasteiger partial charge on any atom is 0.266 e. The van der Waals surface area contributed by atoms with Gasteiger partial charge in [-0.25, -0.2) is 0 Å². The molecular formula is C25H16Br2ClN3O2. The Labute approximate surface area is 213 Å². The molecule has 3 aromatic rings. The lowest BCUT2D eigenvalue weighted by molar-refractivity contribution is -0.112. The Morgan fingerprint density at radius 2 is 1.82 bits per heavy atom. The number of nitrogens with zero attached hydrogens (tertiary/aromatic N) is 2. The summed E-state index contributed by atoms with van der Waals surface area (Å²) in [5.74, 6) is -0.00440. The first-order valence-corrected chi connectivity index (χ1v) is 11.6. The van der Waals surface area contributed by atoms with Crippen LogP contribution >= 0.6 is 43.5 Å². The van der Waals surface area contributed by atoms with Gasteiger partial charge in [-0.05, 0) is 86.3 Å². The minimum Gasteiger partial charge on any atom is -0.486 e. The number of ether oxygens (including phenoxy) is 1. The molecule has 5 nitrogen and oxygen atoms in total. The van der Waals surface area contributed by atoms with Crippen LogP contribution in [0.25, 0.3) is 6.08 Å². The molecule has 164 valence electrons. The zero-order valence-electron chi connectivity index (χ0n) is 17.3. The average molecular weight is 586 g/mol. The van der Waals surface area contributed by atoms with Gasteiger partial charge in [-0.2, -0.15) is 10.5 Å². The Balaban J connectivity index is 1.79. The molecule has 0 radical (unpaired) electrons. The van der Waals surface area contributed by atoms with Crippen molar-refractivity contribution >= 4 is 61.1 Å². The molecular weight excluding hydrogens is 570 g/mol. The summed E-state index contributed by atoms with van der Waals surface area (Å²) in [6, 6.07) is 19.9. The van der Waals surface area contributed by atoms with Crippen molar-refractivity contribution in [1.82, 2.24) is 0 Å². The molecule has 0 spiro atoms. The number of hydrogen-bond acceptors (Lipinski definition) is 4. The van der Waals surface area contributed by atoms with Crippen LogP contribution in [0.3, 0.4) is 0 Å². The average Bonchev–Trinajstić information content (AvgIpc) is 2.79. The van der Waals surface area contributed by atoms with E-state index in [4.69, 9.17) is 16.3 Å². The van der Waals surface area contributed by atoms with Gasteiger partial charge in [-0.3, -0.25) is 4.79 Å². The Kier molecular flexibility index (Phi) is 8.30. The lowest BCUT2D eigenvalue weighted by Gasteiger charge is -2.12. The molecule has 0 atom stereocenters. The van der Waals surface area contributed by atoms with Gasteiger partial charge >= 0.3 is 0 Å². The van der Waals surface area contributed by atoms with E-state index < -0.39 is 5.91 Å². The van der Waals surface area contributed by atoms with E-state index in [-0.39, 0.29) is 12.2 Å². The van der Waals surface area contributed by atoms with Crippen LogP contribution in [0.15, 0.2) is 69.1 Å². The van der Waals surface area contributed by atoms with Gasteiger partial charge in [0.2, 0.25) is 0 Å². The molecule has 3 aromatic carbocycles. The number of rotatable bonds is 6. The summed E-state index contributed by atoms with van der Waals surface area (Å²) in [5, 5.41) is 22.0. The summed E-state index contributed by atoms with van der Waals surface area (Å²) in [6.07, 6.45) is 1.48. The number of halogens is 3. The van der Waals surface area contributed by atoms with Crippen molar-refractivity contribution in [2.45, 2.75) is 13.5 Å². The second-order valence-corrected chi connectivity index (χ2v) is 9.08. The molecule has 33 heavy (non-hydrogen) atoms. The molecule has 0 aromatic heterocycles. The minimum absolute atomic E-state index is 0.0675. The van der Waals surface area contributed by atoms with Gasteiger partial charge < -0.3 is 10.1 Å². The third-order valence-electron chi connectivity index (χ3n) is 4.64. The number of benzene rings is 3. The molecule has 0 aliphatic carbocycles. The molecule has 8 heteroatoms. The number of aryl methyl sites for hydroxylation is 1. The highest BCUT2D eigenvalue weighted by Gasteiger charge is 2.14. The van der Waals surface area contributed by atoms with E-state index in [1.54, 1.807) is 42.5 Å². The number of amides is 1. The Bertz CT molecular complexity index is 1320. The summed E-state index contributed by atoms with van der Waals surface area (Å²) < 4.78 is 7.16. The maximum atomic E-state index is 12.6. The van der Waals surface area contributed by atoms with Crippen LogP contribution in [0.1, 0.15) is 22.3 Å². The van der Waals surface area contributed by atoms with Crippen molar-refractivity contribution < 1.29 is 9.53 Å². The second kappa shape index (κ2) is 11.2. The third kappa shape index (κ3) is 6.24. The van der Waals surface area contributed by atoms with Gasteiger partial charge in [0.25, 0.3) is 5.91 Å². The fraction of sp³-hybridized carbons (Fsp3) is 0.0800. The molecule has 0 saturated heterocycles. The molecule has 1 N–H and O–H groups in total. The summed E-state index contributed by atoms with van der Waals surface area (Å²) in [5.41, 5.74) is 3.25. The normalized spacial score (nSPS) is 10.8. The monoisotopic (exact) mass is 583 g/mol. The molecule has 0 bridgehead atoms. The molecule has 0 heterocycles. The molecule has 0 fully saturated rings. The first kappa shape index (κ1) is 24.5. The quantitative estimate of drug-likeness (QED) is 0.246. The van der Waals surface area contributed by atoms with Gasteiger partial charge in [-0.15, -0.1) is 0 Å². The van der Waals surface area contributed by atoms with Crippen molar-refractivity contribution in [2.75, 3.05) is 5.32 Å². The van der Waals surface area contributed by atoms with E-state index in [2.05, 4.69) is 43.2 Å².